The molecule has 122 valence electrons. The number of carbonyl (C=O) groups excluding carboxylic acids is 1. The summed E-state index contributed by atoms with van der Waals surface area (Å²) in [5.74, 6) is -1.45. The monoisotopic (exact) mass is 315 g/mol. The molecule has 0 saturated heterocycles. The molecule has 1 aliphatic carbocycles. The molecule has 0 bridgehead atoms. The molecule has 1 aromatic rings. The topological polar surface area (TPSA) is 49.3 Å². The number of benzene rings is 1. The fourth-order valence-corrected chi connectivity index (χ4v) is 2.89. The molecule has 0 aromatic heterocycles. The summed E-state index contributed by atoms with van der Waals surface area (Å²) in [6.45, 7) is 0. The van der Waals surface area contributed by atoms with Gasteiger partial charge in [-0.2, -0.15) is 13.2 Å². The van der Waals surface area contributed by atoms with E-state index in [1.807, 2.05) is 0 Å². The van der Waals surface area contributed by atoms with E-state index in [-0.39, 0.29) is 30.9 Å². The molecule has 2 N–H and O–H groups in total. The van der Waals surface area contributed by atoms with Gasteiger partial charge >= 0.3 is 6.18 Å². The number of alkyl halides is 3. The van der Waals surface area contributed by atoms with Crippen LogP contribution in [-0.4, -0.2) is 23.2 Å². The number of amides is 1. The first kappa shape index (κ1) is 16.6. The Balaban J connectivity index is 1.81. The van der Waals surface area contributed by atoms with E-state index in [2.05, 4.69) is 5.32 Å². The first-order chi connectivity index (χ1) is 10.4. The van der Waals surface area contributed by atoms with E-state index in [1.165, 1.54) is 0 Å². The molecule has 22 heavy (non-hydrogen) atoms. The number of hydrogen-bond donors (Lipinski definition) is 2. The van der Waals surface area contributed by atoms with Crippen LogP contribution in [0, 0.1) is 5.92 Å². The lowest BCUT2D eigenvalue weighted by molar-refractivity contribution is -0.184. The maximum atomic E-state index is 12.7. The lowest BCUT2D eigenvalue weighted by atomic mass is 9.85. The Labute approximate surface area is 127 Å². The predicted molar refractivity (Wildman–Crippen MR) is 76.4 cm³/mol. The van der Waals surface area contributed by atoms with Crippen molar-refractivity contribution in [1.82, 2.24) is 5.32 Å². The van der Waals surface area contributed by atoms with Crippen LogP contribution in [0.15, 0.2) is 24.3 Å². The van der Waals surface area contributed by atoms with E-state index in [0.29, 0.717) is 24.8 Å². The Morgan fingerprint density at radius 2 is 2.00 bits per heavy atom. The number of aromatic hydroxyl groups is 1. The van der Waals surface area contributed by atoms with Gasteiger partial charge in [0.05, 0.1) is 5.92 Å². The van der Waals surface area contributed by atoms with Gasteiger partial charge in [-0.15, -0.1) is 0 Å². The van der Waals surface area contributed by atoms with Gasteiger partial charge in [0.15, 0.2) is 0 Å². The molecule has 0 radical (unpaired) electrons. The SMILES string of the molecule is O=C(CCc1ccccc1O)N[C@H]1CCC[C@@H](C(F)(F)F)C1. The number of carbonyl (C=O) groups is 1. The molecule has 2 rings (SSSR count). The lowest BCUT2D eigenvalue weighted by Crippen LogP contribution is -2.41. The van der Waals surface area contributed by atoms with Gasteiger partial charge in [0.1, 0.15) is 5.75 Å². The second kappa shape index (κ2) is 7.03. The van der Waals surface area contributed by atoms with Crippen LogP contribution in [0.3, 0.4) is 0 Å². The molecule has 0 unspecified atom stereocenters. The number of phenolic OH excluding ortho intramolecular Hbond substituents is 1. The molecule has 1 fully saturated rings. The third-order valence-corrected chi connectivity index (χ3v) is 4.12. The van der Waals surface area contributed by atoms with Crippen molar-refractivity contribution in [2.45, 2.75) is 50.7 Å². The summed E-state index contributed by atoms with van der Waals surface area (Å²) in [4.78, 5) is 11.9. The highest BCUT2D eigenvalue weighted by atomic mass is 19.4. The van der Waals surface area contributed by atoms with E-state index >= 15 is 0 Å². The molecule has 1 saturated carbocycles. The molecular formula is C16H20F3NO2. The van der Waals surface area contributed by atoms with Crippen molar-refractivity contribution in [2.24, 2.45) is 5.92 Å². The van der Waals surface area contributed by atoms with Crippen molar-refractivity contribution in [2.75, 3.05) is 0 Å². The highest BCUT2D eigenvalue weighted by molar-refractivity contribution is 5.76. The maximum Gasteiger partial charge on any atom is 0.391 e. The van der Waals surface area contributed by atoms with Crippen LogP contribution in [0.25, 0.3) is 0 Å². The Kier molecular flexibility index (Phi) is 5.32. The average Bonchev–Trinajstić information content (AvgIpc) is 2.46. The first-order valence-electron chi connectivity index (χ1n) is 7.49. The number of para-hydroxylation sites is 1. The molecule has 6 heteroatoms. The van der Waals surface area contributed by atoms with Gasteiger partial charge in [-0.05, 0) is 37.3 Å². The average molecular weight is 315 g/mol. The Morgan fingerprint density at radius 1 is 1.27 bits per heavy atom. The number of phenols is 1. The van der Waals surface area contributed by atoms with Gasteiger partial charge in [0, 0.05) is 12.5 Å². The Hall–Kier alpha value is -1.72. The predicted octanol–water partition coefficient (Wildman–Crippen LogP) is 3.56. The van der Waals surface area contributed by atoms with Crippen LogP contribution < -0.4 is 5.32 Å². The second-order valence-electron chi connectivity index (χ2n) is 5.80. The number of nitrogens with one attached hydrogen (secondary N) is 1. The van der Waals surface area contributed by atoms with Crippen molar-refractivity contribution in [1.29, 1.82) is 0 Å². The van der Waals surface area contributed by atoms with Crippen LogP contribution >= 0.6 is 0 Å². The van der Waals surface area contributed by atoms with Crippen molar-refractivity contribution < 1.29 is 23.1 Å². The zero-order valence-electron chi connectivity index (χ0n) is 12.2. The van der Waals surface area contributed by atoms with Crippen molar-refractivity contribution in [3.8, 4) is 5.75 Å². The molecule has 1 aliphatic rings. The molecule has 0 aliphatic heterocycles. The Morgan fingerprint density at radius 3 is 2.68 bits per heavy atom. The molecular weight excluding hydrogens is 295 g/mol. The summed E-state index contributed by atoms with van der Waals surface area (Å²) < 4.78 is 38.2. The summed E-state index contributed by atoms with van der Waals surface area (Å²) >= 11 is 0. The van der Waals surface area contributed by atoms with E-state index in [1.54, 1.807) is 24.3 Å². The van der Waals surface area contributed by atoms with Gasteiger partial charge < -0.3 is 10.4 Å². The fraction of sp³-hybridized carbons (Fsp3) is 0.562. The minimum Gasteiger partial charge on any atom is -0.508 e. The first-order valence-corrected chi connectivity index (χ1v) is 7.49. The van der Waals surface area contributed by atoms with Crippen molar-refractivity contribution >= 4 is 5.91 Å². The van der Waals surface area contributed by atoms with E-state index in [4.69, 9.17) is 0 Å². The largest absolute Gasteiger partial charge is 0.508 e. The second-order valence-corrected chi connectivity index (χ2v) is 5.80. The van der Waals surface area contributed by atoms with Crippen LogP contribution in [0.1, 0.15) is 37.7 Å². The van der Waals surface area contributed by atoms with Crippen molar-refractivity contribution in [3.63, 3.8) is 0 Å². The maximum absolute atomic E-state index is 12.7. The van der Waals surface area contributed by atoms with Gasteiger partial charge in [-0.25, -0.2) is 0 Å². The molecule has 0 heterocycles. The number of aryl methyl sites for hydroxylation is 1. The smallest absolute Gasteiger partial charge is 0.391 e. The summed E-state index contributed by atoms with van der Waals surface area (Å²) in [6.07, 6.45) is -2.47. The molecule has 1 aromatic carbocycles. The number of halogens is 3. The summed E-state index contributed by atoms with van der Waals surface area (Å²) in [5, 5.41) is 12.3. The van der Waals surface area contributed by atoms with Gasteiger partial charge in [-0.3, -0.25) is 4.79 Å². The highest BCUT2D eigenvalue weighted by Gasteiger charge is 2.42. The van der Waals surface area contributed by atoms with Crippen LogP contribution in [0.2, 0.25) is 0 Å². The quantitative estimate of drug-likeness (QED) is 0.892. The molecule has 1 amide bonds. The minimum atomic E-state index is -4.18. The van der Waals surface area contributed by atoms with E-state index in [0.717, 1.165) is 0 Å². The van der Waals surface area contributed by atoms with Gasteiger partial charge in [-0.1, -0.05) is 24.6 Å². The standard InChI is InChI=1S/C16H20F3NO2/c17-16(18,19)12-5-3-6-13(10-12)20-15(22)9-8-11-4-1-2-7-14(11)21/h1-2,4,7,12-13,21H,3,5-6,8-10H2,(H,20,22)/t12-,13+/m1/s1. The zero-order valence-corrected chi connectivity index (χ0v) is 12.2. The number of hydrogen-bond acceptors (Lipinski definition) is 2. The Bertz CT molecular complexity index is 516. The summed E-state index contributed by atoms with van der Waals surface area (Å²) in [7, 11) is 0. The zero-order chi connectivity index (χ0) is 16.2. The van der Waals surface area contributed by atoms with Gasteiger partial charge in [0.25, 0.3) is 0 Å². The summed E-state index contributed by atoms with van der Waals surface area (Å²) in [6, 6.07) is 6.32. The van der Waals surface area contributed by atoms with Crippen LogP contribution in [0.4, 0.5) is 13.2 Å². The summed E-state index contributed by atoms with van der Waals surface area (Å²) in [5.41, 5.74) is 0.662. The van der Waals surface area contributed by atoms with Gasteiger partial charge in [0.2, 0.25) is 5.91 Å². The number of rotatable bonds is 4. The molecule has 3 nitrogen and oxygen atoms in total. The van der Waals surface area contributed by atoms with Crippen LogP contribution in [-0.2, 0) is 11.2 Å². The lowest BCUT2D eigenvalue weighted by Gasteiger charge is -2.31. The third kappa shape index (κ3) is 4.64. The molecule has 0 spiro atoms. The van der Waals surface area contributed by atoms with E-state index in [9.17, 15) is 23.1 Å². The normalized spacial score (nSPS) is 22.3. The minimum absolute atomic E-state index is 0.0359. The third-order valence-electron chi connectivity index (χ3n) is 4.12. The van der Waals surface area contributed by atoms with E-state index < -0.39 is 18.1 Å². The highest BCUT2D eigenvalue weighted by Crippen LogP contribution is 2.37. The van der Waals surface area contributed by atoms with Crippen molar-refractivity contribution in [3.05, 3.63) is 29.8 Å². The fourth-order valence-electron chi connectivity index (χ4n) is 2.89. The van der Waals surface area contributed by atoms with Crippen LogP contribution in [0.5, 0.6) is 5.75 Å². The molecule has 2 atom stereocenters.